The largest absolute Gasteiger partial charge is 0.453 e. The Labute approximate surface area is 393 Å². The summed E-state index contributed by atoms with van der Waals surface area (Å²) in [6, 6.07) is 13.1. The fourth-order valence-electron chi connectivity index (χ4n) is 13.0. The minimum absolute atomic E-state index is 0.00279. The van der Waals surface area contributed by atoms with Gasteiger partial charge in [-0.05, 0) is 93.1 Å². The average molecular weight is 959 g/mol. The molecule has 19 heteroatoms. The van der Waals surface area contributed by atoms with Crippen molar-refractivity contribution in [1.82, 2.24) is 40.4 Å². The zero-order valence-electron chi connectivity index (χ0n) is 37.5. The zero-order valence-corrected chi connectivity index (χ0v) is 38.2. The SMILES string of the molecule is COC(=O)NC(C(=O)N1[C@@H]2C[C@@H]2C[C@H]1c1nc(-c2ccc(-c3ccc(-c4nc([C@@H]5C[C@H]6C[C@H]6N5C(=O)C(NC(=O)OC)C5C[C@@H]6[C@H](C5)C6(F)F)[nH]c4Cl)cc3)cc2)c(C)[nH]1)C1C[C@@H]2[C@H](C1)C2(F)F. The molecule has 2 aliphatic heterocycles. The summed E-state index contributed by atoms with van der Waals surface area (Å²) in [6.45, 7) is 1.94. The monoisotopic (exact) mass is 958 g/mol. The first-order valence-electron chi connectivity index (χ1n) is 23.7. The molecule has 4 amide bonds. The fourth-order valence-corrected chi connectivity index (χ4v) is 13.3. The second kappa shape index (κ2) is 15.4. The molecular weight excluding hydrogens is 908 g/mol. The quantitative estimate of drug-likeness (QED) is 0.108. The average Bonchev–Trinajstić information content (AvgIpc) is 4.07. The Kier molecular flexibility index (Phi) is 9.90. The Morgan fingerprint density at radius 3 is 1.43 bits per heavy atom. The molecule has 2 aromatic heterocycles. The number of piperidine rings is 2. The Morgan fingerprint density at radius 1 is 0.618 bits per heavy atom. The molecule has 2 saturated heterocycles. The maximum Gasteiger partial charge on any atom is 0.407 e. The Morgan fingerprint density at radius 2 is 1.00 bits per heavy atom. The van der Waals surface area contributed by atoms with Crippen LogP contribution in [0.5, 0.6) is 0 Å². The van der Waals surface area contributed by atoms with Crippen LogP contribution in [0.2, 0.25) is 5.15 Å². The molecule has 12 rings (SSSR count). The molecule has 0 bridgehead atoms. The first kappa shape index (κ1) is 43.6. The van der Waals surface area contributed by atoms with E-state index in [0.717, 1.165) is 46.5 Å². The van der Waals surface area contributed by atoms with Crippen LogP contribution < -0.4 is 10.6 Å². The normalized spacial score (nSPS) is 33.4. The lowest BCUT2D eigenvalue weighted by atomic mass is 9.92. The number of aryl methyl sites for hydroxylation is 1. The van der Waals surface area contributed by atoms with Gasteiger partial charge in [-0.3, -0.25) is 9.59 Å². The van der Waals surface area contributed by atoms with Gasteiger partial charge in [-0.25, -0.2) is 37.1 Å². The second-order valence-corrected chi connectivity index (χ2v) is 21.0. The number of alkyl carbamates (subject to hydrolysis) is 2. The van der Waals surface area contributed by atoms with Gasteiger partial charge < -0.3 is 39.9 Å². The molecule has 6 aliphatic carbocycles. The van der Waals surface area contributed by atoms with E-state index >= 15 is 0 Å². The molecule has 4 heterocycles. The Hall–Kier alpha value is -5.65. The van der Waals surface area contributed by atoms with Gasteiger partial charge in [0.15, 0.2) is 0 Å². The van der Waals surface area contributed by atoms with Gasteiger partial charge in [0.2, 0.25) is 11.8 Å². The number of H-pyrrole nitrogens is 2. The number of methoxy groups -OCH3 is 2. The first-order valence-corrected chi connectivity index (χ1v) is 24.1. The van der Waals surface area contributed by atoms with Gasteiger partial charge in [-0.2, -0.15) is 0 Å². The van der Waals surface area contributed by atoms with E-state index in [1.54, 1.807) is 4.90 Å². The minimum atomic E-state index is -2.71. The van der Waals surface area contributed by atoms with Crippen LogP contribution in [0.1, 0.15) is 80.8 Å². The van der Waals surface area contributed by atoms with Gasteiger partial charge in [0.1, 0.15) is 34.6 Å². The van der Waals surface area contributed by atoms with Crippen molar-refractivity contribution >= 4 is 35.6 Å². The molecule has 14 atom stereocenters. The highest BCUT2D eigenvalue weighted by Gasteiger charge is 2.74. The van der Waals surface area contributed by atoms with E-state index in [1.807, 2.05) is 60.4 Å². The summed E-state index contributed by atoms with van der Waals surface area (Å²) in [5, 5.41) is 5.70. The van der Waals surface area contributed by atoms with E-state index in [2.05, 4.69) is 20.6 Å². The summed E-state index contributed by atoms with van der Waals surface area (Å²) in [4.78, 5) is 73.6. The lowest BCUT2D eigenvalue weighted by molar-refractivity contribution is -0.138. The summed E-state index contributed by atoms with van der Waals surface area (Å²) in [7, 11) is 2.43. The third-order valence-electron chi connectivity index (χ3n) is 16.9. The van der Waals surface area contributed by atoms with Crippen molar-refractivity contribution < 1.29 is 46.2 Å². The predicted molar refractivity (Wildman–Crippen MR) is 237 cm³/mol. The molecule has 68 heavy (non-hydrogen) atoms. The van der Waals surface area contributed by atoms with Crippen LogP contribution in [0.4, 0.5) is 27.2 Å². The van der Waals surface area contributed by atoms with E-state index < -0.39 is 77.7 Å². The first-order chi connectivity index (χ1) is 32.5. The number of nitrogens with one attached hydrogen (secondary N) is 4. The van der Waals surface area contributed by atoms with Crippen molar-refractivity contribution in [2.45, 2.75) is 106 Å². The van der Waals surface area contributed by atoms with Crippen LogP contribution in [-0.2, 0) is 19.1 Å². The highest BCUT2D eigenvalue weighted by molar-refractivity contribution is 6.32. The third kappa shape index (κ3) is 6.99. The molecule has 14 nitrogen and oxygen atoms in total. The van der Waals surface area contributed by atoms with Crippen molar-refractivity contribution in [2.75, 3.05) is 14.2 Å². The number of imidazole rings is 2. The summed E-state index contributed by atoms with van der Waals surface area (Å²) in [5.41, 5.74) is 5.65. The van der Waals surface area contributed by atoms with Crippen LogP contribution in [0.25, 0.3) is 33.6 Å². The number of amides is 4. The molecule has 4 unspecified atom stereocenters. The fraction of sp³-hybridized carbons (Fsp3) is 0.551. The Bertz CT molecular complexity index is 2520. The van der Waals surface area contributed by atoms with Gasteiger partial charge >= 0.3 is 12.2 Å². The third-order valence-corrected chi connectivity index (χ3v) is 17.2. The number of alkyl halides is 4. The maximum absolute atomic E-state index is 14.3. The number of carbonyl (C=O) groups excluding carboxylic acids is 4. The van der Waals surface area contributed by atoms with Gasteiger partial charge in [0.05, 0.1) is 32.0 Å². The number of likely N-dealkylation sites (tertiary alicyclic amines) is 2. The van der Waals surface area contributed by atoms with Crippen LogP contribution in [-0.4, -0.2) is 104 Å². The molecule has 8 fully saturated rings. The predicted octanol–water partition coefficient (Wildman–Crippen LogP) is 8.45. The van der Waals surface area contributed by atoms with Crippen molar-refractivity contribution in [2.24, 2.45) is 47.3 Å². The lowest BCUT2D eigenvalue weighted by Crippen LogP contribution is -2.53. The summed E-state index contributed by atoms with van der Waals surface area (Å²) in [6.07, 6.45) is 2.21. The van der Waals surface area contributed by atoms with Gasteiger partial charge in [-0.15, -0.1) is 0 Å². The maximum atomic E-state index is 14.3. The number of ether oxygens (including phenoxy) is 2. The smallest absolute Gasteiger partial charge is 0.407 e. The van der Waals surface area contributed by atoms with Crippen molar-refractivity contribution in [3.63, 3.8) is 0 Å². The number of aromatic nitrogens is 4. The number of aromatic amines is 2. The molecule has 358 valence electrons. The molecule has 6 saturated carbocycles. The minimum Gasteiger partial charge on any atom is -0.453 e. The van der Waals surface area contributed by atoms with Crippen molar-refractivity contribution in [3.8, 4) is 33.6 Å². The second-order valence-electron chi connectivity index (χ2n) is 20.6. The highest BCUT2D eigenvalue weighted by atomic mass is 35.5. The number of halogens is 5. The molecule has 0 spiro atoms. The van der Waals surface area contributed by atoms with Crippen molar-refractivity contribution in [1.29, 1.82) is 0 Å². The van der Waals surface area contributed by atoms with Crippen LogP contribution in [0.3, 0.4) is 0 Å². The van der Waals surface area contributed by atoms with Crippen LogP contribution >= 0.6 is 11.6 Å². The molecule has 0 radical (unpaired) electrons. The van der Waals surface area contributed by atoms with E-state index in [1.165, 1.54) is 14.2 Å². The molecule has 8 aliphatic rings. The molecule has 2 aromatic carbocycles. The van der Waals surface area contributed by atoms with Gasteiger partial charge in [-0.1, -0.05) is 60.1 Å². The van der Waals surface area contributed by atoms with Crippen LogP contribution in [0.15, 0.2) is 48.5 Å². The van der Waals surface area contributed by atoms with Crippen LogP contribution in [0, 0.1) is 54.3 Å². The lowest BCUT2D eigenvalue weighted by Gasteiger charge is -2.33. The van der Waals surface area contributed by atoms with E-state index in [0.29, 0.717) is 41.3 Å². The summed E-state index contributed by atoms with van der Waals surface area (Å²) < 4.78 is 66.3. The Balaban J connectivity index is 0.730. The van der Waals surface area contributed by atoms with E-state index in [4.69, 9.17) is 31.0 Å². The zero-order chi connectivity index (χ0) is 47.3. The number of carbonyl (C=O) groups is 4. The highest BCUT2D eigenvalue weighted by Crippen LogP contribution is 2.67. The van der Waals surface area contributed by atoms with Gasteiger partial charge in [0, 0.05) is 52.6 Å². The molecular formula is C49H51ClF4N8O6. The number of rotatable bonds is 11. The summed E-state index contributed by atoms with van der Waals surface area (Å²) in [5.74, 6) is -8.09. The number of hydrogen-bond donors (Lipinski definition) is 4. The number of hydrogen-bond acceptors (Lipinski definition) is 8. The molecule has 4 N–H and O–H groups in total. The van der Waals surface area contributed by atoms with Crippen molar-refractivity contribution in [3.05, 3.63) is 71.0 Å². The number of benzene rings is 2. The summed E-state index contributed by atoms with van der Waals surface area (Å²) >= 11 is 6.80. The number of fused-ring (bicyclic) bond motifs is 4. The topological polar surface area (TPSA) is 175 Å². The molecule has 4 aromatic rings. The van der Waals surface area contributed by atoms with Gasteiger partial charge in [0.25, 0.3) is 11.8 Å². The number of nitrogens with zero attached hydrogens (tertiary/aromatic N) is 4. The standard InChI is InChI=1S/C49H51ClF4N8O6/c1-20-37(56-42(55-20)35-18-25-16-33(25)61(35)44(63)39(58-46(65)67-2)27-12-29-30(13-27)48(29,51)52)23-8-4-21(5-9-23)22-6-10-24(11-7-22)38-41(50)60-43(57-38)36-19-26-17-34(26)62(36)45(64)40(59-47(66)68-3)28-14-31-32(15-28)49(31,53)54/h4-11,25-36,39-40H,12-19H2,1-3H3,(H,55,56)(H,57,60)(H,58,65)(H,59,66)/t25-,26-,27?,28?,29-,30+,31-,32+,33-,34-,35+,36+,39?,40?/m1/s1. The van der Waals surface area contributed by atoms with E-state index in [-0.39, 0.29) is 61.5 Å². The van der Waals surface area contributed by atoms with E-state index in [9.17, 15) is 36.7 Å².